The fourth-order valence-electron chi connectivity index (χ4n) is 2.51. The first-order chi connectivity index (χ1) is 13.8. The van der Waals surface area contributed by atoms with Crippen molar-refractivity contribution in [3.05, 3.63) is 53.2 Å². The zero-order chi connectivity index (χ0) is 21.3. The first-order valence-corrected chi connectivity index (χ1v) is 9.12. The van der Waals surface area contributed by atoms with E-state index in [1.165, 1.54) is 0 Å². The number of rotatable bonds is 8. The molecule has 0 bridgehead atoms. The lowest BCUT2D eigenvalue weighted by molar-refractivity contribution is -0.153. The van der Waals surface area contributed by atoms with E-state index in [0.717, 1.165) is 11.1 Å². The minimum atomic E-state index is -4.39. The molecule has 0 aliphatic carbocycles. The maximum Gasteiger partial charge on any atom is 0.422 e. The maximum absolute atomic E-state index is 12.5. The van der Waals surface area contributed by atoms with E-state index < -0.39 is 12.8 Å². The van der Waals surface area contributed by atoms with E-state index >= 15 is 0 Å². The predicted octanol–water partition coefficient (Wildman–Crippen LogP) is 4.21. The largest absolute Gasteiger partial charge is 0.484 e. The van der Waals surface area contributed by atoms with Gasteiger partial charge in [0.05, 0.1) is 6.61 Å². The fraction of sp³-hybridized carbons (Fsp3) is 0.400. The molecular formula is C20H26F3IN4O2. The van der Waals surface area contributed by atoms with E-state index in [2.05, 4.69) is 20.6 Å². The highest BCUT2D eigenvalue weighted by molar-refractivity contribution is 14.0. The van der Waals surface area contributed by atoms with Gasteiger partial charge >= 0.3 is 6.18 Å². The number of aliphatic imine (C=N–C) groups is 1. The second-order valence-corrected chi connectivity index (χ2v) is 6.20. The number of pyridine rings is 1. The van der Waals surface area contributed by atoms with Crippen molar-refractivity contribution in [1.82, 2.24) is 15.6 Å². The summed E-state index contributed by atoms with van der Waals surface area (Å²) in [5, 5.41) is 6.22. The van der Waals surface area contributed by atoms with E-state index in [1.807, 2.05) is 25.1 Å². The van der Waals surface area contributed by atoms with Crippen molar-refractivity contribution in [1.29, 1.82) is 0 Å². The van der Waals surface area contributed by atoms with Gasteiger partial charge in [0.1, 0.15) is 5.75 Å². The van der Waals surface area contributed by atoms with Crippen LogP contribution in [-0.2, 0) is 13.1 Å². The molecule has 2 aromatic rings. The van der Waals surface area contributed by atoms with Crippen LogP contribution in [0.1, 0.15) is 23.6 Å². The van der Waals surface area contributed by atoms with Gasteiger partial charge in [-0.05, 0) is 31.5 Å². The number of alkyl halides is 3. The van der Waals surface area contributed by atoms with E-state index in [-0.39, 0.29) is 36.3 Å². The average Bonchev–Trinajstić information content (AvgIpc) is 2.68. The van der Waals surface area contributed by atoms with Crippen LogP contribution in [-0.4, -0.2) is 37.4 Å². The highest BCUT2D eigenvalue weighted by Gasteiger charge is 2.28. The summed E-state index contributed by atoms with van der Waals surface area (Å²) in [5.41, 5.74) is 2.27. The summed E-state index contributed by atoms with van der Waals surface area (Å²) in [6.07, 6.45) is -2.74. The first kappa shape index (κ1) is 25.8. The summed E-state index contributed by atoms with van der Waals surface area (Å²) in [5.74, 6) is 1.22. The lowest BCUT2D eigenvalue weighted by Gasteiger charge is -2.16. The fourth-order valence-corrected chi connectivity index (χ4v) is 2.51. The number of aromatic nitrogens is 1. The first-order valence-electron chi connectivity index (χ1n) is 9.12. The summed E-state index contributed by atoms with van der Waals surface area (Å²) >= 11 is 0. The topological polar surface area (TPSA) is 67.8 Å². The van der Waals surface area contributed by atoms with Gasteiger partial charge in [0.2, 0.25) is 5.88 Å². The van der Waals surface area contributed by atoms with Gasteiger partial charge in [-0.15, -0.1) is 24.0 Å². The van der Waals surface area contributed by atoms with Crippen molar-refractivity contribution in [2.75, 3.05) is 20.3 Å². The Kier molecular flexibility index (Phi) is 10.7. The Morgan fingerprint density at radius 2 is 1.80 bits per heavy atom. The van der Waals surface area contributed by atoms with Crippen LogP contribution in [0.5, 0.6) is 11.6 Å². The van der Waals surface area contributed by atoms with E-state index in [1.54, 1.807) is 32.3 Å². The maximum atomic E-state index is 12.5. The summed E-state index contributed by atoms with van der Waals surface area (Å²) in [7, 11) is 1.61. The van der Waals surface area contributed by atoms with E-state index in [0.29, 0.717) is 30.6 Å². The number of guanidine groups is 1. The van der Waals surface area contributed by atoms with Crippen LogP contribution >= 0.6 is 24.0 Å². The lowest BCUT2D eigenvalue weighted by atomic mass is 10.1. The third-order valence-corrected chi connectivity index (χ3v) is 3.86. The van der Waals surface area contributed by atoms with Crippen molar-refractivity contribution < 1.29 is 22.6 Å². The number of nitrogens with one attached hydrogen (secondary N) is 2. The number of hydrogen-bond donors (Lipinski definition) is 2. The second kappa shape index (κ2) is 12.5. The number of benzene rings is 1. The molecule has 1 heterocycles. The van der Waals surface area contributed by atoms with Gasteiger partial charge < -0.3 is 20.1 Å². The second-order valence-electron chi connectivity index (χ2n) is 6.20. The quantitative estimate of drug-likeness (QED) is 0.300. The van der Waals surface area contributed by atoms with Crippen molar-refractivity contribution in [2.24, 2.45) is 4.99 Å². The molecule has 0 spiro atoms. The molecule has 0 atom stereocenters. The Hall–Kier alpha value is -2.24. The zero-order valence-corrected chi connectivity index (χ0v) is 19.4. The summed E-state index contributed by atoms with van der Waals surface area (Å²) < 4.78 is 48.0. The summed E-state index contributed by atoms with van der Waals surface area (Å²) in [4.78, 5) is 8.33. The molecule has 2 N–H and O–H groups in total. The molecular weight excluding hydrogens is 512 g/mol. The molecule has 0 saturated heterocycles. The van der Waals surface area contributed by atoms with Crippen LogP contribution in [0.4, 0.5) is 13.2 Å². The molecule has 1 aromatic carbocycles. The van der Waals surface area contributed by atoms with Gasteiger partial charge in [0.25, 0.3) is 0 Å². The van der Waals surface area contributed by atoms with Gasteiger partial charge in [0.15, 0.2) is 12.6 Å². The monoisotopic (exact) mass is 538 g/mol. The number of nitrogens with zero attached hydrogens (tertiary/aromatic N) is 2. The Bertz CT molecular complexity index is 832. The van der Waals surface area contributed by atoms with Crippen LogP contribution < -0.4 is 20.1 Å². The molecule has 0 aliphatic rings. The third-order valence-electron chi connectivity index (χ3n) is 3.86. The number of halogens is 4. The molecule has 30 heavy (non-hydrogen) atoms. The van der Waals surface area contributed by atoms with Crippen LogP contribution in [0.2, 0.25) is 0 Å². The Morgan fingerprint density at radius 3 is 2.43 bits per heavy atom. The van der Waals surface area contributed by atoms with Crippen molar-refractivity contribution in [3.63, 3.8) is 0 Å². The summed E-state index contributed by atoms with van der Waals surface area (Å²) in [6, 6.07) is 8.84. The van der Waals surface area contributed by atoms with Crippen LogP contribution in [0.15, 0.2) is 41.5 Å². The van der Waals surface area contributed by atoms with Crippen LogP contribution in [0.25, 0.3) is 0 Å². The van der Waals surface area contributed by atoms with Gasteiger partial charge in [-0.2, -0.15) is 13.2 Å². The van der Waals surface area contributed by atoms with E-state index in [9.17, 15) is 13.2 Å². The third kappa shape index (κ3) is 8.64. The molecule has 0 aliphatic heterocycles. The summed E-state index contributed by atoms with van der Waals surface area (Å²) in [6.45, 7) is 3.52. The van der Waals surface area contributed by atoms with Crippen LogP contribution in [0.3, 0.4) is 0 Å². The standard InChI is InChI=1S/C20H25F3N4O2.HI/c1-4-28-18-16(6-5-9-25-18)12-27-19(24-3)26-11-15-8-7-14(2)10-17(15)29-13-20(21,22)23;/h5-10H,4,11-13H2,1-3H3,(H2,24,26,27);1H. The Balaban J connectivity index is 0.00000450. The SMILES string of the molecule is CCOc1ncccc1CNC(=NC)NCc1ccc(C)cc1OCC(F)(F)F.I. The van der Waals surface area contributed by atoms with E-state index in [4.69, 9.17) is 9.47 Å². The van der Waals surface area contributed by atoms with Gasteiger partial charge in [-0.1, -0.05) is 18.2 Å². The van der Waals surface area contributed by atoms with Gasteiger partial charge in [-0.25, -0.2) is 4.98 Å². The lowest BCUT2D eigenvalue weighted by Crippen LogP contribution is -2.36. The molecule has 2 rings (SSSR count). The van der Waals surface area contributed by atoms with Crippen LogP contribution in [0, 0.1) is 6.92 Å². The molecule has 0 fully saturated rings. The highest BCUT2D eigenvalue weighted by atomic mass is 127. The molecule has 0 unspecified atom stereocenters. The highest BCUT2D eigenvalue weighted by Crippen LogP contribution is 2.23. The molecule has 1 aromatic heterocycles. The molecule has 0 radical (unpaired) electrons. The molecule has 0 amide bonds. The normalized spacial score (nSPS) is 11.5. The Morgan fingerprint density at radius 1 is 1.10 bits per heavy atom. The molecule has 10 heteroatoms. The van der Waals surface area contributed by atoms with Gasteiger partial charge in [0, 0.05) is 37.5 Å². The minimum Gasteiger partial charge on any atom is -0.484 e. The van der Waals surface area contributed by atoms with Crippen molar-refractivity contribution in [3.8, 4) is 11.6 Å². The molecule has 6 nitrogen and oxygen atoms in total. The van der Waals surface area contributed by atoms with Gasteiger partial charge in [-0.3, -0.25) is 4.99 Å². The smallest absolute Gasteiger partial charge is 0.422 e. The number of ether oxygens (including phenoxy) is 2. The molecule has 0 saturated carbocycles. The van der Waals surface area contributed by atoms with Crippen molar-refractivity contribution in [2.45, 2.75) is 33.1 Å². The zero-order valence-electron chi connectivity index (χ0n) is 17.0. The number of aryl methyl sites for hydroxylation is 1. The Labute approximate surface area is 191 Å². The minimum absolute atomic E-state index is 0. The number of hydrogen-bond acceptors (Lipinski definition) is 4. The van der Waals surface area contributed by atoms with Crippen molar-refractivity contribution >= 4 is 29.9 Å². The predicted molar refractivity (Wildman–Crippen MR) is 121 cm³/mol. The molecule has 166 valence electrons. The average molecular weight is 538 g/mol.